The molecule has 1 aromatic rings. The maximum atomic E-state index is 6.03. The molecule has 0 aromatic heterocycles. The van der Waals surface area contributed by atoms with E-state index in [1.807, 2.05) is 32.3 Å². The van der Waals surface area contributed by atoms with Gasteiger partial charge in [0.15, 0.2) is 0 Å². The molecule has 0 aliphatic carbocycles. The van der Waals surface area contributed by atoms with Crippen molar-refractivity contribution in [3.8, 4) is 0 Å². The lowest BCUT2D eigenvalue weighted by molar-refractivity contribution is 0.0185. The van der Waals surface area contributed by atoms with Crippen molar-refractivity contribution >= 4 is 23.0 Å². The molecule has 0 spiro atoms. The van der Waals surface area contributed by atoms with E-state index < -0.39 is 0 Å². The van der Waals surface area contributed by atoms with Crippen LogP contribution in [0.5, 0.6) is 0 Å². The van der Waals surface area contributed by atoms with E-state index in [0.29, 0.717) is 0 Å². The fourth-order valence-corrected chi connectivity index (χ4v) is 1.81. The van der Waals surface area contributed by atoms with Crippen LogP contribution in [0, 0.1) is 0 Å². The van der Waals surface area contributed by atoms with E-state index >= 15 is 0 Å². The number of benzene rings is 1. The quantitative estimate of drug-likeness (QED) is 0.854. The summed E-state index contributed by atoms with van der Waals surface area (Å²) in [5.74, 6) is 0. The smallest absolute Gasteiger partial charge is 0.0639 e. The number of methoxy groups -OCH3 is 1. The average molecular weight is 271 g/mol. The lowest BCUT2D eigenvalue weighted by Crippen LogP contribution is -2.26. The second-order valence-electron chi connectivity index (χ2n) is 5.20. The van der Waals surface area contributed by atoms with Crippen LogP contribution in [0.1, 0.15) is 20.3 Å². The third-order valence-electron chi connectivity index (χ3n) is 3.04. The summed E-state index contributed by atoms with van der Waals surface area (Å²) in [7, 11) is 5.78. The fraction of sp³-hybridized carbons (Fsp3) is 0.571. The van der Waals surface area contributed by atoms with Gasteiger partial charge in [0.1, 0.15) is 0 Å². The van der Waals surface area contributed by atoms with Crippen molar-refractivity contribution in [2.45, 2.75) is 25.9 Å². The van der Waals surface area contributed by atoms with E-state index in [-0.39, 0.29) is 5.60 Å². The van der Waals surface area contributed by atoms with Gasteiger partial charge in [0.2, 0.25) is 0 Å². The zero-order valence-electron chi connectivity index (χ0n) is 11.9. The Hall–Kier alpha value is -0.930. The molecule has 0 bridgehead atoms. The average Bonchev–Trinajstić information content (AvgIpc) is 2.28. The molecule has 0 amide bonds. The van der Waals surface area contributed by atoms with Crippen LogP contribution in [-0.4, -0.2) is 33.4 Å². The maximum absolute atomic E-state index is 6.03. The van der Waals surface area contributed by atoms with Crippen LogP contribution >= 0.6 is 11.6 Å². The van der Waals surface area contributed by atoms with Gasteiger partial charge in [0.25, 0.3) is 0 Å². The SMILES string of the molecule is COC(C)(C)CCNc1cc(Cl)ccc1N(C)C. The summed E-state index contributed by atoms with van der Waals surface area (Å²) in [6.45, 7) is 5.01. The minimum atomic E-state index is -0.107. The summed E-state index contributed by atoms with van der Waals surface area (Å²) in [5.41, 5.74) is 2.08. The van der Waals surface area contributed by atoms with E-state index in [2.05, 4.69) is 24.1 Å². The Morgan fingerprint density at radius 3 is 2.56 bits per heavy atom. The summed E-state index contributed by atoms with van der Waals surface area (Å²) in [6.07, 6.45) is 0.933. The maximum Gasteiger partial charge on any atom is 0.0639 e. The third kappa shape index (κ3) is 4.39. The van der Waals surface area contributed by atoms with Crippen LogP contribution in [-0.2, 0) is 4.74 Å². The molecular formula is C14H23ClN2O. The van der Waals surface area contributed by atoms with Gasteiger partial charge in [0, 0.05) is 32.8 Å². The molecular weight excluding hydrogens is 248 g/mol. The summed E-state index contributed by atoms with van der Waals surface area (Å²) in [6, 6.07) is 5.88. The Bertz CT molecular complexity index is 391. The van der Waals surface area contributed by atoms with Crippen molar-refractivity contribution in [1.29, 1.82) is 0 Å². The Morgan fingerprint density at radius 2 is 2.00 bits per heavy atom. The Labute approximate surface area is 115 Å². The van der Waals surface area contributed by atoms with Crippen LogP contribution in [0.25, 0.3) is 0 Å². The van der Waals surface area contributed by atoms with Crippen LogP contribution in [0.3, 0.4) is 0 Å². The molecule has 0 aliphatic rings. The molecule has 0 atom stereocenters. The number of nitrogens with one attached hydrogen (secondary N) is 1. The van der Waals surface area contributed by atoms with Crippen molar-refractivity contribution < 1.29 is 4.74 Å². The number of halogens is 1. The van der Waals surface area contributed by atoms with Gasteiger partial charge in [-0.1, -0.05) is 11.6 Å². The number of hydrogen-bond donors (Lipinski definition) is 1. The third-order valence-corrected chi connectivity index (χ3v) is 3.27. The van der Waals surface area contributed by atoms with Gasteiger partial charge in [-0.3, -0.25) is 0 Å². The first-order chi connectivity index (χ1) is 8.35. The van der Waals surface area contributed by atoms with Crippen molar-refractivity contribution in [1.82, 2.24) is 0 Å². The Balaban J connectivity index is 2.69. The zero-order chi connectivity index (χ0) is 13.8. The first-order valence-corrected chi connectivity index (χ1v) is 6.49. The molecule has 0 fully saturated rings. The number of rotatable bonds is 6. The zero-order valence-corrected chi connectivity index (χ0v) is 12.6. The van der Waals surface area contributed by atoms with Gasteiger partial charge in [-0.25, -0.2) is 0 Å². The van der Waals surface area contributed by atoms with Crippen molar-refractivity contribution in [2.24, 2.45) is 0 Å². The van der Waals surface area contributed by atoms with Crippen molar-refractivity contribution in [3.63, 3.8) is 0 Å². The predicted octanol–water partition coefficient (Wildman–Crippen LogP) is 3.63. The number of ether oxygens (including phenoxy) is 1. The highest BCUT2D eigenvalue weighted by Crippen LogP contribution is 2.28. The molecule has 0 radical (unpaired) electrons. The standard InChI is InChI=1S/C14H23ClN2O/c1-14(2,18-5)8-9-16-12-10-11(15)6-7-13(12)17(3)4/h6-7,10,16H,8-9H2,1-5H3. The molecule has 3 nitrogen and oxygen atoms in total. The molecule has 0 heterocycles. The predicted molar refractivity (Wildman–Crippen MR) is 80.0 cm³/mol. The molecule has 1 N–H and O–H groups in total. The van der Waals surface area contributed by atoms with E-state index in [1.54, 1.807) is 7.11 Å². The molecule has 0 saturated heterocycles. The van der Waals surface area contributed by atoms with Gasteiger partial charge < -0.3 is 15.0 Å². The van der Waals surface area contributed by atoms with Crippen LogP contribution < -0.4 is 10.2 Å². The topological polar surface area (TPSA) is 24.5 Å². The number of anilines is 2. The monoisotopic (exact) mass is 270 g/mol. The summed E-state index contributed by atoms with van der Waals surface area (Å²) in [5, 5.41) is 4.16. The summed E-state index contributed by atoms with van der Waals surface area (Å²) in [4.78, 5) is 2.07. The van der Waals surface area contributed by atoms with Crippen LogP contribution in [0.4, 0.5) is 11.4 Å². The van der Waals surface area contributed by atoms with E-state index in [9.17, 15) is 0 Å². The van der Waals surface area contributed by atoms with Gasteiger partial charge in [0.05, 0.1) is 17.0 Å². The van der Waals surface area contributed by atoms with Crippen molar-refractivity contribution in [3.05, 3.63) is 23.2 Å². The van der Waals surface area contributed by atoms with Crippen LogP contribution in [0.15, 0.2) is 18.2 Å². The Kier molecular flexibility index (Phi) is 5.29. The Morgan fingerprint density at radius 1 is 1.33 bits per heavy atom. The van der Waals surface area contributed by atoms with Gasteiger partial charge >= 0.3 is 0 Å². The molecule has 1 aromatic carbocycles. The van der Waals surface area contributed by atoms with Crippen molar-refractivity contribution in [2.75, 3.05) is 38.0 Å². The lowest BCUT2D eigenvalue weighted by atomic mass is 10.1. The summed E-state index contributed by atoms with van der Waals surface area (Å²) >= 11 is 6.03. The second kappa shape index (κ2) is 6.30. The van der Waals surface area contributed by atoms with Gasteiger partial charge in [-0.15, -0.1) is 0 Å². The molecule has 18 heavy (non-hydrogen) atoms. The minimum Gasteiger partial charge on any atom is -0.383 e. The van der Waals surface area contributed by atoms with Gasteiger partial charge in [-0.2, -0.15) is 0 Å². The minimum absolute atomic E-state index is 0.107. The van der Waals surface area contributed by atoms with E-state index in [4.69, 9.17) is 16.3 Å². The van der Waals surface area contributed by atoms with Gasteiger partial charge in [-0.05, 0) is 38.5 Å². The molecule has 0 aliphatic heterocycles. The lowest BCUT2D eigenvalue weighted by Gasteiger charge is -2.24. The second-order valence-corrected chi connectivity index (χ2v) is 5.63. The highest BCUT2D eigenvalue weighted by atomic mass is 35.5. The highest BCUT2D eigenvalue weighted by Gasteiger charge is 2.15. The van der Waals surface area contributed by atoms with Crippen LogP contribution in [0.2, 0.25) is 5.02 Å². The largest absolute Gasteiger partial charge is 0.383 e. The summed E-state index contributed by atoms with van der Waals surface area (Å²) < 4.78 is 5.40. The molecule has 0 unspecified atom stereocenters. The molecule has 1 rings (SSSR count). The van der Waals surface area contributed by atoms with E-state index in [0.717, 1.165) is 29.4 Å². The first kappa shape index (κ1) is 15.1. The molecule has 102 valence electrons. The number of nitrogens with zero attached hydrogens (tertiary/aromatic N) is 1. The molecule has 0 saturated carbocycles. The molecule has 4 heteroatoms. The fourth-order valence-electron chi connectivity index (χ4n) is 1.64. The normalized spacial score (nSPS) is 11.4. The number of hydrogen-bond acceptors (Lipinski definition) is 3. The highest BCUT2D eigenvalue weighted by molar-refractivity contribution is 6.31. The first-order valence-electron chi connectivity index (χ1n) is 6.11. The van der Waals surface area contributed by atoms with E-state index in [1.165, 1.54) is 0 Å².